The minimum absolute atomic E-state index is 0.0408. The number of halogens is 3. The third-order valence-corrected chi connectivity index (χ3v) is 1.06. The summed E-state index contributed by atoms with van der Waals surface area (Å²) in [4.78, 5) is 4.97. The van der Waals surface area contributed by atoms with Crippen LogP contribution in [0.5, 0.6) is 0 Å². The van der Waals surface area contributed by atoms with Crippen molar-refractivity contribution in [3.63, 3.8) is 0 Å². The molecule has 0 atom stereocenters. The van der Waals surface area contributed by atoms with Gasteiger partial charge in [0.2, 0.25) is 0 Å². The van der Waals surface area contributed by atoms with Crippen LogP contribution in [-0.4, -0.2) is 38.1 Å². The van der Waals surface area contributed by atoms with Crippen LogP contribution in [0.15, 0.2) is 4.99 Å². The molecule has 0 saturated heterocycles. The number of nitrogens with zero attached hydrogens (tertiary/aromatic N) is 2. The summed E-state index contributed by atoms with van der Waals surface area (Å²) in [6.45, 7) is -0.0408. The Hall–Kier alpha value is -0.740. The Kier molecular flexibility index (Phi) is 3.92. The van der Waals surface area contributed by atoms with E-state index in [1.807, 2.05) is 0 Å². The van der Waals surface area contributed by atoms with Gasteiger partial charge in [-0.2, -0.15) is 13.2 Å². The monoisotopic (exact) mass is 168 g/mol. The molecule has 2 nitrogen and oxygen atoms in total. The van der Waals surface area contributed by atoms with Crippen molar-refractivity contribution >= 4 is 6.34 Å². The van der Waals surface area contributed by atoms with E-state index in [1.165, 1.54) is 18.3 Å². The van der Waals surface area contributed by atoms with Crippen LogP contribution in [0, 0.1) is 0 Å². The molecule has 0 aliphatic carbocycles. The first-order chi connectivity index (χ1) is 4.95. The van der Waals surface area contributed by atoms with Gasteiger partial charge in [0.15, 0.2) is 0 Å². The third-order valence-electron chi connectivity index (χ3n) is 1.06. The van der Waals surface area contributed by atoms with Crippen molar-refractivity contribution in [3.05, 3.63) is 0 Å². The minimum Gasteiger partial charge on any atom is -0.366 e. The number of alkyl halides is 3. The maximum Gasteiger partial charge on any atom is 0.390 e. The largest absolute Gasteiger partial charge is 0.390 e. The highest BCUT2D eigenvalue weighted by molar-refractivity contribution is 5.53. The van der Waals surface area contributed by atoms with E-state index in [-0.39, 0.29) is 6.54 Å². The second kappa shape index (κ2) is 4.20. The lowest BCUT2D eigenvalue weighted by molar-refractivity contribution is -0.135. The van der Waals surface area contributed by atoms with Gasteiger partial charge < -0.3 is 4.90 Å². The van der Waals surface area contributed by atoms with Crippen molar-refractivity contribution in [2.24, 2.45) is 4.99 Å². The molecule has 0 fully saturated rings. The molecule has 0 radical (unpaired) electrons. The minimum atomic E-state index is -4.07. The third kappa shape index (κ3) is 7.15. The Balaban J connectivity index is 3.54. The SMILES string of the molecule is CN=CN(C)CCC(F)(F)F. The molecule has 11 heavy (non-hydrogen) atoms. The summed E-state index contributed by atoms with van der Waals surface area (Å²) >= 11 is 0. The Bertz CT molecular complexity index is 130. The van der Waals surface area contributed by atoms with Gasteiger partial charge in [-0.1, -0.05) is 0 Å². The number of hydrogen-bond donors (Lipinski definition) is 0. The van der Waals surface area contributed by atoms with Crippen LogP contribution >= 0.6 is 0 Å². The van der Waals surface area contributed by atoms with Crippen LogP contribution in [0.2, 0.25) is 0 Å². The second-order valence-electron chi connectivity index (χ2n) is 2.22. The molecule has 0 amide bonds. The summed E-state index contributed by atoms with van der Waals surface area (Å²) < 4.78 is 34.8. The van der Waals surface area contributed by atoms with E-state index in [0.29, 0.717) is 0 Å². The highest BCUT2D eigenvalue weighted by Gasteiger charge is 2.26. The average molecular weight is 168 g/mol. The molecule has 0 aliphatic rings. The van der Waals surface area contributed by atoms with E-state index in [2.05, 4.69) is 4.99 Å². The molecular weight excluding hydrogens is 157 g/mol. The van der Waals surface area contributed by atoms with Gasteiger partial charge in [-0.25, -0.2) is 0 Å². The highest BCUT2D eigenvalue weighted by Crippen LogP contribution is 2.18. The molecule has 0 unspecified atom stereocenters. The molecule has 0 rings (SSSR count). The zero-order valence-corrected chi connectivity index (χ0v) is 6.52. The Morgan fingerprint density at radius 3 is 2.36 bits per heavy atom. The van der Waals surface area contributed by atoms with E-state index in [9.17, 15) is 13.2 Å². The van der Waals surface area contributed by atoms with Crippen molar-refractivity contribution in [1.82, 2.24) is 4.90 Å². The van der Waals surface area contributed by atoms with E-state index in [4.69, 9.17) is 0 Å². The van der Waals surface area contributed by atoms with Crippen molar-refractivity contribution in [3.8, 4) is 0 Å². The molecule has 0 N–H and O–H groups in total. The van der Waals surface area contributed by atoms with Gasteiger partial charge in [0, 0.05) is 20.6 Å². The molecular formula is C6H11F3N2. The molecule has 0 bridgehead atoms. The summed E-state index contributed by atoms with van der Waals surface area (Å²) in [6, 6.07) is 0. The predicted octanol–water partition coefficient (Wildman–Crippen LogP) is 1.53. The van der Waals surface area contributed by atoms with Gasteiger partial charge in [0.25, 0.3) is 0 Å². The standard InChI is InChI=1S/C6H11F3N2/c1-10-5-11(2)4-3-6(7,8)9/h5H,3-4H2,1-2H3. The fraction of sp³-hybridized carbons (Fsp3) is 0.833. The topological polar surface area (TPSA) is 15.6 Å². The maximum absolute atomic E-state index is 11.6. The Morgan fingerprint density at radius 2 is 2.00 bits per heavy atom. The molecule has 5 heteroatoms. The van der Waals surface area contributed by atoms with Crippen LogP contribution in [0.4, 0.5) is 13.2 Å². The van der Waals surface area contributed by atoms with Gasteiger partial charge >= 0.3 is 6.18 Å². The number of rotatable bonds is 3. The van der Waals surface area contributed by atoms with Crippen molar-refractivity contribution in [2.45, 2.75) is 12.6 Å². The van der Waals surface area contributed by atoms with Crippen LogP contribution in [0.1, 0.15) is 6.42 Å². The van der Waals surface area contributed by atoms with Crippen LogP contribution in [0.3, 0.4) is 0 Å². The highest BCUT2D eigenvalue weighted by atomic mass is 19.4. The molecule has 0 heterocycles. The number of hydrogen-bond acceptors (Lipinski definition) is 1. The predicted molar refractivity (Wildman–Crippen MR) is 37.7 cm³/mol. The van der Waals surface area contributed by atoms with Crippen LogP contribution < -0.4 is 0 Å². The quantitative estimate of drug-likeness (QED) is 0.461. The number of aliphatic imine (C=N–C) groups is 1. The second-order valence-corrected chi connectivity index (χ2v) is 2.22. The summed E-state index contributed by atoms with van der Waals surface area (Å²) in [5, 5.41) is 0. The first-order valence-electron chi connectivity index (χ1n) is 3.15. The van der Waals surface area contributed by atoms with Crippen molar-refractivity contribution < 1.29 is 13.2 Å². The molecule has 0 aromatic carbocycles. The lowest BCUT2D eigenvalue weighted by Crippen LogP contribution is -2.23. The van der Waals surface area contributed by atoms with E-state index in [0.717, 1.165) is 0 Å². The molecule has 0 aromatic rings. The molecule has 66 valence electrons. The van der Waals surface area contributed by atoms with Crippen molar-refractivity contribution in [1.29, 1.82) is 0 Å². The fourth-order valence-electron chi connectivity index (χ4n) is 0.558. The molecule has 0 aromatic heterocycles. The summed E-state index contributed by atoms with van der Waals surface area (Å²) in [6.07, 6.45) is -3.50. The van der Waals surface area contributed by atoms with Gasteiger partial charge in [0.1, 0.15) is 0 Å². The first-order valence-corrected chi connectivity index (χ1v) is 3.15. The zero-order valence-electron chi connectivity index (χ0n) is 6.52. The van der Waals surface area contributed by atoms with E-state index >= 15 is 0 Å². The Labute approximate surface area is 63.7 Å². The zero-order chi connectivity index (χ0) is 8.91. The van der Waals surface area contributed by atoms with Gasteiger partial charge in [-0.05, 0) is 0 Å². The lowest BCUT2D eigenvalue weighted by Gasteiger charge is -2.13. The Morgan fingerprint density at radius 1 is 1.45 bits per heavy atom. The lowest BCUT2D eigenvalue weighted by atomic mass is 10.4. The van der Waals surface area contributed by atoms with Gasteiger partial charge in [0.05, 0.1) is 12.8 Å². The summed E-state index contributed by atoms with van der Waals surface area (Å²) in [5.41, 5.74) is 0. The van der Waals surface area contributed by atoms with Gasteiger partial charge in [-0.3, -0.25) is 4.99 Å². The maximum atomic E-state index is 11.6. The molecule has 0 saturated carbocycles. The fourth-order valence-corrected chi connectivity index (χ4v) is 0.558. The van der Waals surface area contributed by atoms with Gasteiger partial charge in [-0.15, -0.1) is 0 Å². The summed E-state index contributed by atoms with van der Waals surface area (Å²) in [7, 11) is 3.07. The van der Waals surface area contributed by atoms with E-state index < -0.39 is 12.6 Å². The van der Waals surface area contributed by atoms with Crippen LogP contribution in [0.25, 0.3) is 0 Å². The normalized spacial score (nSPS) is 12.5. The van der Waals surface area contributed by atoms with Crippen molar-refractivity contribution in [2.75, 3.05) is 20.6 Å². The molecule has 0 spiro atoms. The van der Waals surface area contributed by atoms with E-state index in [1.54, 1.807) is 7.05 Å². The first kappa shape index (κ1) is 10.3. The smallest absolute Gasteiger partial charge is 0.366 e. The van der Waals surface area contributed by atoms with Crippen LogP contribution in [-0.2, 0) is 0 Å². The average Bonchev–Trinajstić information content (AvgIpc) is 1.83. The molecule has 0 aliphatic heterocycles. The summed E-state index contributed by atoms with van der Waals surface area (Å²) in [5.74, 6) is 0.